The van der Waals surface area contributed by atoms with Crippen molar-refractivity contribution in [3.8, 4) is 0 Å². The fourth-order valence-corrected chi connectivity index (χ4v) is 1.39. The topological polar surface area (TPSA) is 37.3 Å². The van der Waals surface area contributed by atoms with Crippen molar-refractivity contribution in [2.45, 2.75) is 26.7 Å². The van der Waals surface area contributed by atoms with Crippen LogP contribution in [0.15, 0.2) is 18.2 Å². The van der Waals surface area contributed by atoms with E-state index in [1.807, 2.05) is 0 Å². The molecule has 0 radical (unpaired) electrons. The van der Waals surface area contributed by atoms with E-state index < -0.39 is 11.9 Å². The van der Waals surface area contributed by atoms with Crippen LogP contribution in [0, 0.1) is 18.7 Å². The zero-order valence-electron chi connectivity index (χ0n) is 9.12. The van der Waals surface area contributed by atoms with E-state index in [0.717, 1.165) is 5.56 Å². The lowest BCUT2D eigenvalue weighted by molar-refractivity contribution is -0.141. The minimum Gasteiger partial charge on any atom is -0.481 e. The predicted octanol–water partition coefficient (Wildman–Crippen LogP) is 2.96. The van der Waals surface area contributed by atoms with Crippen molar-refractivity contribution in [3.63, 3.8) is 0 Å². The van der Waals surface area contributed by atoms with Gasteiger partial charge in [-0.1, -0.05) is 26.0 Å². The standard InChI is InChI=1S/C12H15FO2/c1-7-4-5-10(6-11(7)13)8(2)9(3)12(14)15/h4-6,8-9H,1-3H3,(H,14,15). The molecule has 0 aromatic heterocycles. The molecule has 0 spiro atoms. The van der Waals surface area contributed by atoms with Gasteiger partial charge in [-0.25, -0.2) is 4.39 Å². The predicted molar refractivity (Wildman–Crippen MR) is 56.4 cm³/mol. The highest BCUT2D eigenvalue weighted by molar-refractivity contribution is 5.70. The van der Waals surface area contributed by atoms with Crippen LogP contribution in [-0.4, -0.2) is 11.1 Å². The average Bonchev–Trinajstić information content (AvgIpc) is 2.19. The van der Waals surface area contributed by atoms with Gasteiger partial charge in [0.1, 0.15) is 5.82 Å². The number of hydrogen-bond acceptors (Lipinski definition) is 1. The first-order valence-corrected chi connectivity index (χ1v) is 4.92. The molecule has 2 unspecified atom stereocenters. The molecule has 0 aliphatic heterocycles. The molecule has 1 N–H and O–H groups in total. The van der Waals surface area contributed by atoms with E-state index in [2.05, 4.69) is 0 Å². The second-order valence-electron chi connectivity index (χ2n) is 3.92. The largest absolute Gasteiger partial charge is 0.481 e. The van der Waals surface area contributed by atoms with Crippen LogP contribution < -0.4 is 0 Å². The zero-order chi connectivity index (χ0) is 11.6. The third kappa shape index (κ3) is 2.55. The molecule has 0 amide bonds. The van der Waals surface area contributed by atoms with Gasteiger partial charge in [0.05, 0.1) is 5.92 Å². The van der Waals surface area contributed by atoms with Crippen molar-refractivity contribution < 1.29 is 14.3 Å². The molecule has 2 atom stereocenters. The van der Waals surface area contributed by atoms with Gasteiger partial charge in [-0.3, -0.25) is 4.79 Å². The first-order valence-electron chi connectivity index (χ1n) is 4.92. The smallest absolute Gasteiger partial charge is 0.306 e. The van der Waals surface area contributed by atoms with E-state index in [0.29, 0.717) is 5.56 Å². The molecule has 0 aliphatic carbocycles. The van der Waals surface area contributed by atoms with Gasteiger partial charge in [0.25, 0.3) is 0 Å². The van der Waals surface area contributed by atoms with E-state index in [1.54, 1.807) is 32.9 Å². The number of hydrogen-bond donors (Lipinski definition) is 1. The molecular weight excluding hydrogens is 195 g/mol. The molecule has 0 bridgehead atoms. The molecule has 0 saturated carbocycles. The van der Waals surface area contributed by atoms with Gasteiger partial charge in [0, 0.05) is 0 Å². The van der Waals surface area contributed by atoms with Gasteiger partial charge in [-0.15, -0.1) is 0 Å². The summed E-state index contributed by atoms with van der Waals surface area (Å²) in [5.41, 5.74) is 1.31. The van der Waals surface area contributed by atoms with Gasteiger partial charge < -0.3 is 5.11 Å². The average molecular weight is 210 g/mol. The summed E-state index contributed by atoms with van der Waals surface area (Å²) in [6, 6.07) is 4.87. The molecule has 82 valence electrons. The Morgan fingerprint density at radius 2 is 2.00 bits per heavy atom. The highest BCUT2D eigenvalue weighted by atomic mass is 19.1. The molecule has 0 fully saturated rings. The number of aryl methyl sites for hydroxylation is 1. The Kier molecular flexibility index (Phi) is 3.45. The van der Waals surface area contributed by atoms with Crippen LogP contribution in [0.2, 0.25) is 0 Å². The van der Waals surface area contributed by atoms with Crippen molar-refractivity contribution in [2.24, 2.45) is 5.92 Å². The Balaban J connectivity index is 2.96. The highest BCUT2D eigenvalue weighted by Gasteiger charge is 2.21. The molecule has 1 aromatic rings. The molecule has 2 nitrogen and oxygen atoms in total. The first-order chi connectivity index (χ1) is 6.93. The Morgan fingerprint density at radius 1 is 1.40 bits per heavy atom. The summed E-state index contributed by atoms with van der Waals surface area (Å²) in [6.07, 6.45) is 0. The summed E-state index contributed by atoms with van der Waals surface area (Å²) in [6.45, 7) is 5.11. The number of carbonyl (C=O) groups is 1. The number of benzene rings is 1. The molecular formula is C12H15FO2. The highest BCUT2D eigenvalue weighted by Crippen LogP contribution is 2.25. The monoisotopic (exact) mass is 210 g/mol. The molecule has 1 rings (SSSR count). The Hall–Kier alpha value is -1.38. The summed E-state index contributed by atoms with van der Waals surface area (Å²) in [4.78, 5) is 10.8. The van der Waals surface area contributed by atoms with Gasteiger partial charge in [0.15, 0.2) is 0 Å². The van der Waals surface area contributed by atoms with Crippen LogP contribution in [-0.2, 0) is 4.79 Å². The fourth-order valence-electron chi connectivity index (χ4n) is 1.39. The number of rotatable bonds is 3. The van der Waals surface area contributed by atoms with Crippen LogP contribution >= 0.6 is 0 Å². The number of halogens is 1. The maximum absolute atomic E-state index is 13.3. The molecule has 0 saturated heterocycles. The van der Waals surface area contributed by atoms with E-state index in [9.17, 15) is 9.18 Å². The number of carboxylic acids is 1. The lowest BCUT2D eigenvalue weighted by atomic mass is 9.88. The van der Waals surface area contributed by atoms with Crippen molar-refractivity contribution in [3.05, 3.63) is 35.1 Å². The normalized spacial score (nSPS) is 14.7. The van der Waals surface area contributed by atoms with Crippen molar-refractivity contribution >= 4 is 5.97 Å². The van der Waals surface area contributed by atoms with Crippen LogP contribution in [0.25, 0.3) is 0 Å². The molecule has 3 heteroatoms. The Labute approximate surface area is 88.7 Å². The van der Waals surface area contributed by atoms with Crippen LogP contribution in [0.5, 0.6) is 0 Å². The third-order valence-corrected chi connectivity index (χ3v) is 2.86. The fraction of sp³-hybridized carbons (Fsp3) is 0.417. The third-order valence-electron chi connectivity index (χ3n) is 2.86. The summed E-state index contributed by atoms with van der Waals surface area (Å²) in [5.74, 6) is -1.83. The lowest BCUT2D eigenvalue weighted by Gasteiger charge is -2.16. The summed E-state index contributed by atoms with van der Waals surface area (Å²) < 4.78 is 13.3. The van der Waals surface area contributed by atoms with E-state index in [-0.39, 0.29) is 11.7 Å². The van der Waals surface area contributed by atoms with Gasteiger partial charge in [0.2, 0.25) is 0 Å². The van der Waals surface area contributed by atoms with Gasteiger partial charge >= 0.3 is 5.97 Å². The Morgan fingerprint density at radius 3 is 2.47 bits per heavy atom. The maximum Gasteiger partial charge on any atom is 0.306 e. The molecule has 1 aromatic carbocycles. The summed E-state index contributed by atoms with van der Waals surface area (Å²) in [7, 11) is 0. The van der Waals surface area contributed by atoms with E-state index >= 15 is 0 Å². The molecule has 0 heterocycles. The first kappa shape index (κ1) is 11.7. The molecule has 0 aliphatic rings. The maximum atomic E-state index is 13.3. The number of aliphatic carboxylic acids is 1. The molecule has 15 heavy (non-hydrogen) atoms. The summed E-state index contributed by atoms with van der Waals surface area (Å²) >= 11 is 0. The van der Waals surface area contributed by atoms with Crippen molar-refractivity contribution in [1.82, 2.24) is 0 Å². The van der Waals surface area contributed by atoms with Crippen molar-refractivity contribution in [1.29, 1.82) is 0 Å². The second-order valence-corrected chi connectivity index (χ2v) is 3.92. The zero-order valence-corrected chi connectivity index (χ0v) is 9.12. The Bertz CT molecular complexity index is 374. The SMILES string of the molecule is Cc1ccc(C(C)C(C)C(=O)O)cc1F. The lowest BCUT2D eigenvalue weighted by Crippen LogP contribution is -2.16. The second kappa shape index (κ2) is 4.43. The number of carboxylic acid groups (broad SMARTS) is 1. The quantitative estimate of drug-likeness (QED) is 0.832. The minimum absolute atomic E-state index is 0.183. The van der Waals surface area contributed by atoms with Gasteiger partial charge in [-0.2, -0.15) is 0 Å². The minimum atomic E-state index is -0.858. The van der Waals surface area contributed by atoms with Gasteiger partial charge in [-0.05, 0) is 30.0 Å². The summed E-state index contributed by atoms with van der Waals surface area (Å²) in [5, 5.41) is 8.84. The van der Waals surface area contributed by atoms with Crippen LogP contribution in [0.4, 0.5) is 4.39 Å². The van der Waals surface area contributed by atoms with Crippen molar-refractivity contribution in [2.75, 3.05) is 0 Å². The van der Waals surface area contributed by atoms with E-state index in [4.69, 9.17) is 5.11 Å². The van der Waals surface area contributed by atoms with E-state index in [1.165, 1.54) is 6.07 Å². The van der Waals surface area contributed by atoms with Crippen LogP contribution in [0.1, 0.15) is 30.9 Å². The van der Waals surface area contributed by atoms with Crippen LogP contribution in [0.3, 0.4) is 0 Å².